The average Bonchev–Trinajstić information content (AvgIpc) is 2.72. The molecule has 0 saturated carbocycles. The minimum Gasteiger partial charge on any atom is -0.493 e. The summed E-state index contributed by atoms with van der Waals surface area (Å²) in [7, 11) is -0.702. The van der Waals surface area contributed by atoms with Crippen LogP contribution >= 0.6 is 0 Å². The number of benzene rings is 2. The Kier molecular flexibility index (Phi) is 8.55. The molecule has 10 heteroatoms. The molecule has 0 spiro atoms. The molecular weight excluding hydrogens is 420 g/mol. The third kappa shape index (κ3) is 6.67. The number of carbonyl (C=O) groups excluding carboxylic acids is 1. The van der Waals surface area contributed by atoms with E-state index in [1.54, 1.807) is 6.07 Å². The van der Waals surface area contributed by atoms with Crippen LogP contribution < -0.4 is 14.8 Å². The fraction of sp³-hybridized carbons (Fsp3) is 0.350. The van der Waals surface area contributed by atoms with E-state index in [1.807, 2.05) is 0 Å². The quantitative estimate of drug-likeness (QED) is 0.574. The van der Waals surface area contributed by atoms with E-state index < -0.39 is 16.4 Å². The number of hydrogen-bond donors (Lipinski definition) is 1. The van der Waals surface area contributed by atoms with E-state index in [-0.39, 0.29) is 41.2 Å². The van der Waals surface area contributed by atoms with Gasteiger partial charge in [0.05, 0.1) is 24.4 Å². The number of amides is 1. The molecule has 0 bridgehead atoms. The Morgan fingerprint density at radius 1 is 1.07 bits per heavy atom. The minimum absolute atomic E-state index is 0.0819. The molecular formula is C20H23F2NO6S. The lowest BCUT2D eigenvalue weighted by Gasteiger charge is -2.12. The highest BCUT2D eigenvalue weighted by molar-refractivity contribution is 7.91. The van der Waals surface area contributed by atoms with Crippen LogP contribution in [-0.4, -0.2) is 54.1 Å². The van der Waals surface area contributed by atoms with Crippen LogP contribution in [0, 0.1) is 0 Å². The summed E-state index contributed by atoms with van der Waals surface area (Å²) < 4.78 is 63.4. The molecule has 0 aromatic heterocycles. The van der Waals surface area contributed by atoms with Gasteiger partial charge in [-0.25, -0.2) is 8.42 Å². The highest BCUT2D eigenvalue weighted by Gasteiger charge is 2.15. The van der Waals surface area contributed by atoms with Gasteiger partial charge in [-0.15, -0.1) is 0 Å². The van der Waals surface area contributed by atoms with E-state index >= 15 is 0 Å². The van der Waals surface area contributed by atoms with Crippen molar-refractivity contribution in [3.05, 3.63) is 53.6 Å². The Morgan fingerprint density at radius 3 is 2.37 bits per heavy atom. The zero-order valence-corrected chi connectivity index (χ0v) is 17.4. The van der Waals surface area contributed by atoms with Crippen molar-refractivity contribution in [1.29, 1.82) is 0 Å². The fourth-order valence-electron chi connectivity index (χ4n) is 2.61. The molecule has 2 rings (SSSR count). The molecule has 164 valence electrons. The second kappa shape index (κ2) is 10.9. The maximum Gasteiger partial charge on any atom is 0.387 e. The van der Waals surface area contributed by atoms with E-state index in [1.165, 1.54) is 50.6 Å². The third-order valence-electron chi connectivity index (χ3n) is 4.18. The van der Waals surface area contributed by atoms with Gasteiger partial charge in [-0.2, -0.15) is 8.78 Å². The van der Waals surface area contributed by atoms with E-state index in [0.29, 0.717) is 17.5 Å². The van der Waals surface area contributed by atoms with E-state index in [0.717, 1.165) is 0 Å². The number of rotatable bonds is 11. The molecule has 1 amide bonds. The Bertz CT molecular complexity index is 948. The first kappa shape index (κ1) is 23.6. The molecule has 0 unspecified atom stereocenters. The second-order valence-electron chi connectivity index (χ2n) is 6.21. The van der Waals surface area contributed by atoms with E-state index in [9.17, 15) is 22.0 Å². The first-order chi connectivity index (χ1) is 14.3. The average molecular weight is 443 g/mol. The summed E-state index contributed by atoms with van der Waals surface area (Å²) in [6.45, 7) is -2.65. The number of carbonyl (C=O) groups is 1. The van der Waals surface area contributed by atoms with Gasteiger partial charge in [0, 0.05) is 19.2 Å². The monoisotopic (exact) mass is 443 g/mol. The highest BCUT2D eigenvalue weighted by Crippen LogP contribution is 2.29. The Labute approximate surface area is 173 Å². The zero-order chi connectivity index (χ0) is 22.1. The molecule has 2 aromatic rings. The number of hydrogen-bond acceptors (Lipinski definition) is 6. The number of nitrogens with one attached hydrogen (secondary N) is 1. The maximum atomic E-state index is 12.5. The molecule has 1 N–H and O–H groups in total. The predicted molar refractivity (Wildman–Crippen MR) is 106 cm³/mol. The van der Waals surface area contributed by atoms with Crippen molar-refractivity contribution < 1.29 is 36.2 Å². The predicted octanol–water partition coefficient (Wildman–Crippen LogP) is 2.69. The van der Waals surface area contributed by atoms with Crippen molar-refractivity contribution in [3.63, 3.8) is 0 Å². The molecule has 2 aromatic carbocycles. The molecule has 0 heterocycles. The molecule has 0 aliphatic rings. The molecule has 0 saturated heterocycles. The van der Waals surface area contributed by atoms with Crippen molar-refractivity contribution in [1.82, 2.24) is 5.32 Å². The van der Waals surface area contributed by atoms with Crippen LogP contribution in [0.5, 0.6) is 11.5 Å². The number of sulfone groups is 1. The summed E-state index contributed by atoms with van der Waals surface area (Å²) in [6.07, 6.45) is 0.374. The van der Waals surface area contributed by atoms with Gasteiger partial charge in [-0.3, -0.25) is 4.79 Å². The maximum absolute atomic E-state index is 12.5. The van der Waals surface area contributed by atoms with Crippen molar-refractivity contribution in [2.75, 3.05) is 33.1 Å². The third-order valence-corrected chi connectivity index (χ3v) is 5.87. The fourth-order valence-corrected chi connectivity index (χ4v) is 3.78. The van der Waals surface area contributed by atoms with Gasteiger partial charge in [-0.05, 0) is 48.4 Å². The summed E-state index contributed by atoms with van der Waals surface area (Å²) in [4.78, 5) is 12.4. The van der Waals surface area contributed by atoms with Crippen LogP contribution in [0.15, 0.2) is 47.4 Å². The molecule has 0 fully saturated rings. The summed E-state index contributed by atoms with van der Waals surface area (Å²) in [5.74, 6) is -0.424. The van der Waals surface area contributed by atoms with Crippen molar-refractivity contribution >= 4 is 15.7 Å². The van der Waals surface area contributed by atoms with Crippen LogP contribution in [0.25, 0.3) is 0 Å². The van der Waals surface area contributed by atoms with Crippen LogP contribution in [0.4, 0.5) is 8.78 Å². The van der Waals surface area contributed by atoms with Crippen LogP contribution in [0.3, 0.4) is 0 Å². The molecule has 0 radical (unpaired) electrons. The lowest BCUT2D eigenvalue weighted by Crippen LogP contribution is -2.25. The number of ether oxygens (including phenoxy) is 3. The Morgan fingerprint density at radius 2 is 1.77 bits per heavy atom. The smallest absolute Gasteiger partial charge is 0.387 e. The van der Waals surface area contributed by atoms with Gasteiger partial charge in [0.1, 0.15) is 0 Å². The summed E-state index contributed by atoms with van der Waals surface area (Å²) in [5, 5.41) is 2.70. The van der Waals surface area contributed by atoms with Crippen LogP contribution in [-0.2, 0) is 21.0 Å². The van der Waals surface area contributed by atoms with E-state index in [4.69, 9.17) is 9.47 Å². The minimum atomic E-state index is -3.47. The first-order valence-corrected chi connectivity index (χ1v) is 10.6. The largest absolute Gasteiger partial charge is 0.493 e. The van der Waals surface area contributed by atoms with E-state index in [2.05, 4.69) is 10.1 Å². The Hall–Kier alpha value is -2.72. The SMILES string of the molecule is COCCS(=O)(=O)c1ccc(C(=O)NCCc2ccc(OC)c(OC(F)F)c2)cc1. The molecule has 0 atom stereocenters. The van der Waals surface area contributed by atoms with Gasteiger partial charge in [0.2, 0.25) is 0 Å². The molecule has 0 aliphatic carbocycles. The highest BCUT2D eigenvalue weighted by atomic mass is 32.2. The van der Waals surface area contributed by atoms with Gasteiger partial charge in [0.15, 0.2) is 21.3 Å². The summed E-state index contributed by atoms with van der Waals surface area (Å²) in [5.41, 5.74) is 0.975. The second-order valence-corrected chi connectivity index (χ2v) is 8.31. The molecule has 30 heavy (non-hydrogen) atoms. The van der Waals surface area contributed by atoms with Gasteiger partial charge in [-0.1, -0.05) is 6.07 Å². The van der Waals surface area contributed by atoms with Gasteiger partial charge < -0.3 is 19.5 Å². The van der Waals surface area contributed by atoms with Crippen molar-refractivity contribution in [2.45, 2.75) is 17.9 Å². The standard InChI is InChI=1S/C20H23F2NO6S/c1-27-11-12-30(25,26)16-6-4-15(5-7-16)19(24)23-10-9-14-3-8-17(28-2)18(13-14)29-20(21)22/h3-8,13,20H,9-12H2,1-2H3,(H,23,24). The normalized spacial score (nSPS) is 11.4. The topological polar surface area (TPSA) is 90.9 Å². The van der Waals surface area contributed by atoms with Crippen molar-refractivity contribution in [3.8, 4) is 11.5 Å². The Balaban J connectivity index is 1.95. The van der Waals surface area contributed by atoms with Gasteiger partial charge >= 0.3 is 6.61 Å². The summed E-state index contributed by atoms with van der Waals surface area (Å²) in [6, 6.07) is 10.2. The number of alkyl halides is 2. The van der Waals surface area contributed by atoms with Crippen LogP contribution in [0.1, 0.15) is 15.9 Å². The number of halogens is 2. The summed E-state index contributed by atoms with van der Waals surface area (Å²) >= 11 is 0. The zero-order valence-electron chi connectivity index (χ0n) is 16.6. The lowest BCUT2D eigenvalue weighted by molar-refractivity contribution is -0.0512. The molecule has 0 aliphatic heterocycles. The lowest BCUT2D eigenvalue weighted by atomic mass is 10.1. The molecule has 7 nitrogen and oxygen atoms in total. The number of methoxy groups -OCH3 is 2. The first-order valence-electron chi connectivity index (χ1n) is 8.98. The van der Waals surface area contributed by atoms with Crippen LogP contribution in [0.2, 0.25) is 0 Å². The van der Waals surface area contributed by atoms with Gasteiger partial charge in [0.25, 0.3) is 5.91 Å². The van der Waals surface area contributed by atoms with Crippen molar-refractivity contribution in [2.24, 2.45) is 0 Å².